The first-order valence-corrected chi connectivity index (χ1v) is 10.4. The molecular weight excluding hydrogens is 388 g/mol. The van der Waals surface area contributed by atoms with Crippen LogP contribution < -0.4 is 10.1 Å². The minimum atomic E-state index is -0.528. The van der Waals surface area contributed by atoms with Gasteiger partial charge in [0.1, 0.15) is 5.75 Å². The Morgan fingerprint density at radius 3 is 2.57 bits per heavy atom. The van der Waals surface area contributed by atoms with Crippen LogP contribution in [-0.2, 0) is 23.9 Å². The molecule has 1 saturated heterocycles. The first-order chi connectivity index (χ1) is 14.5. The first-order valence-electron chi connectivity index (χ1n) is 10.4. The van der Waals surface area contributed by atoms with Crippen LogP contribution in [-0.4, -0.2) is 63.2 Å². The second kappa shape index (κ2) is 12.2. The fourth-order valence-corrected chi connectivity index (χ4v) is 3.59. The lowest BCUT2D eigenvalue weighted by Gasteiger charge is -2.40. The molecule has 1 aliphatic rings. The van der Waals surface area contributed by atoms with E-state index in [2.05, 4.69) is 12.2 Å². The number of nitrogens with zero attached hydrogens (tertiary/aromatic N) is 1. The van der Waals surface area contributed by atoms with Crippen LogP contribution >= 0.6 is 0 Å². The standard InChI is InChI=1S/C22H32N2O6/c1-4-5-13-24-20(26)11-10-18(21(24)16-6-8-17(29-3)9-7-16)22(27)30-15-19(25)23-12-14-28-2/h6-9,18,21H,4-5,10-15H2,1-3H3,(H,23,25)/t18-,21-/m0/s1. The summed E-state index contributed by atoms with van der Waals surface area (Å²) in [6, 6.07) is 6.96. The summed E-state index contributed by atoms with van der Waals surface area (Å²) in [6.45, 7) is 3.02. The zero-order chi connectivity index (χ0) is 21.9. The number of hydrogen-bond acceptors (Lipinski definition) is 6. The van der Waals surface area contributed by atoms with Crippen molar-refractivity contribution in [1.29, 1.82) is 0 Å². The summed E-state index contributed by atoms with van der Waals surface area (Å²) < 4.78 is 15.4. The molecule has 166 valence electrons. The Labute approximate surface area is 177 Å². The number of unbranched alkanes of at least 4 members (excludes halogenated alkanes) is 1. The van der Waals surface area contributed by atoms with Gasteiger partial charge in [0, 0.05) is 26.6 Å². The lowest BCUT2D eigenvalue weighted by atomic mass is 9.84. The molecule has 1 fully saturated rings. The van der Waals surface area contributed by atoms with Crippen LogP contribution in [0.4, 0.5) is 0 Å². The normalized spacial score (nSPS) is 18.8. The second-order valence-electron chi connectivity index (χ2n) is 7.25. The first kappa shape index (κ1) is 23.7. The SMILES string of the molecule is CCCCN1C(=O)CC[C@H](C(=O)OCC(=O)NCCOC)[C@@H]1c1ccc(OC)cc1. The number of rotatable bonds is 11. The van der Waals surface area contributed by atoms with Crippen molar-refractivity contribution < 1.29 is 28.6 Å². The van der Waals surface area contributed by atoms with E-state index < -0.39 is 17.9 Å². The number of hydrogen-bond donors (Lipinski definition) is 1. The van der Waals surface area contributed by atoms with E-state index in [1.54, 1.807) is 19.1 Å². The van der Waals surface area contributed by atoms with Gasteiger partial charge in [0.25, 0.3) is 5.91 Å². The van der Waals surface area contributed by atoms with E-state index in [9.17, 15) is 14.4 Å². The van der Waals surface area contributed by atoms with Crippen molar-refractivity contribution in [3.63, 3.8) is 0 Å². The van der Waals surface area contributed by atoms with Crippen LogP contribution in [0.15, 0.2) is 24.3 Å². The van der Waals surface area contributed by atoms with Gasteiger partial charge in [0.15, 0.2) is 6.61 Å². The number of piperidine rings is 1. The zero-order valence-corrected chi connectivity index (χ0v) is 18.0. The zero-order valence-electron chi connectivity index (χ0n) is 18.0. The van der Waals surface area contributed by atoms with Gasteiger partial charge in [0.05, 0.1) is 25.7 Å². The minimum absolute atomic E-state index is 0.0330. The van der Waals surface area contributed by atoms with Crippen molar-refractivity contribution in [3.8, 4) is 5.75 Å². The van der Waals surface area contributed by atoms with Crippen molar-refractivity contribution in [1.82, 2.24) is 10.2 Å². The smallest absolute Gasteiger partial charge is 0.311 e. The Bertz CT molecular complexity index is 706. The molecule has 0 aliphatic carbocycles. The lowest BCUT2D eigenvalue weighted by Crippen LogP contribution is -2.46. The molecule has 0 aromatic heterocycles. The van der Waals surface area contributed by atoms with Crippen LogP contribution in [0.3, 0.4) is 0 Å². The maximum atomic E-state index is 12.9. The molecule has 0 radical (unpaired) electrons. The Kier molecular flexibility index (Phi) is 9.60. The number of benzene rings is 1. The summed E-state index contributed by atoms with van der Waals surface area (Å²) in [5.41, 5.74) is 0.853. The van der Waals surface area contributed by atoms with Gasteiger partial charge in [0.2, 0.25) is 5.91 Å². The summed E-state index contributed by atoms with van der Waals surface area (Å²) in [6.07, 6.45) is 2.47. The topological polar surface area (TPSA) is 94.2 Å². The Balaban J connectivity index is 2.15. The Morgan fingerprint density at radius 2 is 1.93 bits per heavy atom. The third-order valence-electron chi connectivity index (χ3n) is 5.19. The molecule has 1 aromatic rings. The third-order valence-corrected chi connectivity index (χ3v) is 5.19. The molecule has 2 rings (SSSR count). The molecular formula is C22H32N2O6. The summed E-state index contributed by atoms with van der Waals surface area (Å²) in [5.74, 6) is -0.638. The van der Waals surface area contributed by atoms with E-state index in [0.29, 0.717) is 31.9 Å². The summed E-state index contributed by atoms with van der Waals surface area (Å²) >= 11 is 0. The minimum Gasteiger partial charge on any atom is -0.497 e. The molecule has 30 heavy (non-hydrogen) atoms. The van der Waals surface area contributed by atoms with E-state index in [-0.39, 0.29) is 24.8 Å². The number of carbonyl (C=O) groups is 3. The number of esters is 1. The molecule has 1 aliphatic heterocycles. The van der Waals surface area contributed by atoms with E-state index in [1.807, 2.05) is 24.3 Å². The molecule has 0 bridgehead atoms. The quantitative estimate of drug-likeness (QED) is 0.435. The van der Waals surface area contributed by atoms with Gasteiger partial charge in [-0.15, -0.1) is 0 Å². The van der Waals surface area contributed by atoms with E-state index in [1.165, 1.54) is 0 Å². The highest BCUT2D eigenvalue weighted by Crippen LogP contribution is 2.38. The maximum Gasteiger partial charge on any atom is 0.311 e. The van der Waals surface area contributed by atoms with Gasteiger partial charge in [-0.05, 0) is 30.5 Å². The van der Waals surface area contributed by atoms with Gasteiger partial charge in [-0.3, -0.25) is 14.4 Å². The van der Waals surface area contributed by atoms with Gasteiger partial charge in [-0.25, -0.2) is 0 Å². The van der Waals surface area contributed by atoms with Crippen LogP contribution in [0.25, 0.3) is 0 Å². The Hall–Kier alpha value is -2.61. The second-order valence-corrected chi connectivity index (χ2v) is 7.25. The van der Waals surface area contributed by atoms with Crippen molar-refractivity contribution in [3.05, 3.63) is 29.8 Å². The fourth-order valence-electron chi connectivity index (χ4n) is 3.59. The average Bonchev–Trinajstić information content (AvgIpc) is 2.76. The van der Waals surface area contributed by atoms with Gasteiger partial charge in [-0.1, -0.05) is 25.5 Å². The molecule has 1 N–H and O–H groups in total. The fraction of sp³-hybridized carbons (Fsp3) is 0.591. The number of ether oxygens (including phenoxy) is 3. The number of amides is 2. The molecule has 2 atom stereocenters. The van der Waals surface area contributed by atoms with Gasteiger partial charge >= 0.3 is 5.97 Å². The van der Waals surface area contributed by atoms with Crippen molar-refractivity contribution in [2.24, 2.45) is 5.92 Å². The molecule has 8 nitrogen and oxygen atoms in total. The third kappa shape index (κ3) is 6.45. The monoisotopic (exact) mass is 420 g/mol. The van der Waals surface area contributed by atoms with E-state index in [4.69, 9.17) is 14.2 Å². The number of carbonyl (C=O) groups excluding carboxylic acids is 3. The highest BCUT2D eigenvalue weighted by atomic mass is 16.5. The largest absolute Gasteiger partial charge is 0.497 e. The number of methoxy groups -OCH3 is 2. The molecule has 2 amide bonds. The van der Waals surface area contributed by atoms with Crippen molar-refractivity contribution >= 4 is 17.8 Å². The van der Waals surface area contributed by atoms with Crippen molar-refractivity contribution in [2.45, 2.75) is 38.6 Å². The average molecular weight is 421 g/mol. The molecule has 1 heterocycles. The molecule has 0 spiro atoms. The van der Waals surface area contributed by atoms with Gasteiger partial charge < -0.3 is 24.4 Å². The summed E-state index contributed by atoms with van der Waals surface area (Å²) in [7, 11) is 3.13. The highest BCUT2D eigenvalue weighted by Gasteiger charge is 2.41. The van der Waals surface area contributed by atoms with Crippen LogP contribution in [0, 0.1) is 5.92 Å². The predicted molar refractivity (Wildman–Crippen MR) is 111 cm³/mol. The van der Waals surface area contributed by atoms with Crippen LogP contribution in [0.5, 0.6) is 5.75 Å². The predicted octanol–water partition coefficient (Wildman–Crippen LogP) is 2.08. The highest BCUT2D eigenvalue weighted by molar-refractivity contribution is 5.84. The van der Waals surface area contributed by atoms with Crippen molar-refractivity contribution in [2.75, 3.05) is 40.5 Å². The molecule has 1 aromatic carbocycles. The molecule has 0 saturated carbocycles. The van der Waals surface area contributed by atoms with Gasteiger partial charge in [-0.2, -0.15) is 0 Å². The van der Waals surface area contributed by atoms with E-state index in [0.717, 1.165) is 18.4 Å². The molecule has 0 unspecified atom stereocenters. The van der Waals surface area contributed by atoms with Crippen LogP contribution in [0.1, 0.15) is 44.2 Å². The molecule has 8 heteroatoms. The van der Waals surface area contributed by atoms with E-state index >= 15 is 0 Å². The summed E-state index contributed by atoms with van der Waals surface area (Å²) in [5, 5.41) is 2.62. The lowest BCUT2D eigenvalue weighted by molar-refractivity contribution is -0.159. The van der Waals surface area contributed by atoms with Crippen LogP contribution in [0.2, 0.25) is 0 Å². The Morgan fingerprint density at radius 1 is 1.20 bits per heavy atom. The maximum absolute atomic E-state index is 12.9. The number of likely N-dealkylation sites (tertiary alicyclic amines) is 1. The summed E-state index contributed by atoms with van der Waals surface area (Å²) in [4.78, 5) is 39.2. The number of nitrogens with one attached hydrogen (secondary N) is 1.